The van der Waals surface area contributed by atoms with Crippen LogP contribution in [0.3, 0.4) is 0 Å². The van der Waals surface area contributed by atoms with E-state index in [4.69, 9.17) is 14.7 Å². The minimum Gasteiger partial charge on any atom is -0.423 e. The fourth-order valence-electron chi connectivity index (χ4n) is 1.99. The molecule has 0 saturated carbocycles. The van der Waals surface area contributed by atoms with Crippen LogP contribution in [0.25, 0.3) is 11.1 Å². The van der Waals surface area contributed by atoms with Crippen LogP contribution in [-0.4, -0.2) is 11.0 Å². The first-order valence-corrected chi connectivity index (χ1v) is 5.38. The van der Waals surface area contributed by atoms with Crippen molar-refractivity contribution in [1.82, 2.24) is 4.98 Å². The molecule has 0 saturated heterocycles. The summed E-state index contributed by atoms with van der Waals surface area (Å²) in [6.07, 6.45) is 3.25. The number of nitrogens with one attached hydrogen (secondary N) is 1. The first-order valence-electron chi connectivity index (χ1n) is 5.38. The molecule has 1 atom stereocenters. The minimum atomic E-state index is -2.17. The number of para-hydroxylation sites is 1. The van der Waals surface area contributed by atoms with Crippen molar-refractivity contribution in [2.75, 3.05) is 0 Å². The second-order valence-corrected chi connectivity index (χ2v) is 4.07. The van der Waals surface area contributed by atoms with Crippen molar-refractivity contribution in [3.05, 3.63) is 36.2 Å². The fraction of sp³-hybridized carbons (Fsp3) is 0.154. The van der Waals surface area contributed by atoms with E-state index in [1.54, 1.807) is 30.6 Å². The second-order valence-electron chi connectivity index (χ2n) is 4.07. The van der Waals surface area contributed by atoms with E-state index in [9.17, 15) is 4.39 Å². The Labute approximate surface area is 103 Å². The summed E-state index contributed by atoms with van der Waals surface area (Å²) in [5.74, 6) is 0.654. The van der Waals surface area contributed by atoms with Gasteiger partial charge in [0, 0.05) is 30.4 Å². The van der Waals surface area contributed by atoms with Crippen molar-refractivity contribution < 1.29 is 13.9 Å². The van der Waals surface area contributed by atoms with Gasteiger partial charge in [-0.1, -0.05) is 12.1 Å². The average molecular weight is 244 g/mol. The van der Waals surface area contributed by atoms with Crippen LogP contribution in [-0.2, 0) is 0 Å². The number of aromatic amines is 1. The molecule has 4 nitrogen and oxygen atoms in total. The predicted molar refractivity (Wildman–Crippen MR) is 61.7 cm³/mol. The van der Waals surface area contributed by atoms with E-state index >= 15 is 0 Å². The molecule has 0 aliphatic carbocycles. The van der Waals surface area contributed by atoms with Gasteiger partial charge in [-0.05, 0) is 6.07 Å². The summed E-state index contributed by atoms with van der Waals surface area (Å²) in [6, 6.07) is 5.01. The van der Waals surface area contributed by atoms with E-state index in [1.807, 2.05) is 0 Å². The minimum absolute atomic E-state index is 0.318. The lowest BCUT2D eigenvalue weighted by Crippen LogP contribution is -2.27. The number of aromatic nitrogens is 1. The Morgan fingerprint density at radius 2 is 2.11 bits per heavy atom. The molecule has 0 amide bonds. The molecule has 3 rings (SSSR count). The highest BCUT2D eigenvalue weighted by atomic mass is 19.2. The van der Waals surface area contributed by atoms with Gasteiger partial charge in [0.25, 0.3) is 0 Å². The van der Waals surface area contributed by atoms with Crippen molar-refractivity contribution in [2.24, 2.45) is 0 Å². The van der Waals surface area contributed by atoms with Crippen LogP contribution in [0.1, 0.15) is 12.5 Å². The van der Waals surface area contributed by atoms with E-state index in [1.165, 1.54) is 6.92 Å². The summed E-state index contributed by atoms with van der Waals surface area (Å²) >= 11 is 0. The second kappa shape index (κ2) is 3.50. The standard InChI is InChI=1S/C13H9FN2O2/c1-13(14)17-11-4-2-3-9(12(11)18-13)10-7-16-6-8(10)5-15/h2-4,6-7,16H,1H3. The lowest BCUT2D eigenvalue weighted by Gasteiger charge is -2.11. The molecule has 1 aromatic heterocycles. The van der Waals surface area contributed by atoms with E-state index < -0.39 is 6.04 Å². The van der Waals surface area contributed by atoms with Crippen molar-refractivity contribution in [1.29, 1.82) is 5.26 Å². The van der Waals surface area contributed by atoms with Crippen LogP contribution >= 0.6 is 0 Å². The zero-order valence-electron chi connectivity index (χ0n) is 9.53. The molecule has 90 valence electrons. The number of rotatable bonds is 1. The van der Waals surface area contributed by atoms with Crippen molar-refractivity contribution >= 4 is 0 Å². The maximum Gasteiger partial charge on any atom is 0.404 e. The van der Waals surface area contributed by atoms with Gasteiger partial charge in [0.15, 0.2) is 11.5 Å². The molecule has 1 N–H and O–H groups in total. The van der Waals surface area contributed by atoms with Gasteiger partial charge in [0.2, 0.25) is 0 Å². The lowest BCUT2D eigenvalue weighted by molar-refractivity contribution is -0.173. The molecule has 0 bridgehead atoms. The van der Waals surface area contributed by atoms with E-state index in [2.05, 4.69) is 11.1 Å². The molecule has 0 radical (unpaired) electrons. The van der Waals surface area contributed by atoms with Gasteiger partial charge in [-0.2, -0.15) is 9.65 Å². The molecule has 1 unspecified atom stereocenters. The maximum atomic E-state index is 13.7. The van der Waals surface area contributed by atoms with Gasteiger partial charge < -0.3 is 14.5 Å². The van der Waals surface area contributed by atoms with Crippen molar-refractivity contribution in [3.63, 3.8) is 0 Å². The van der Waals surface area contributed by atoms with Crippen LogP contribution in [0.5, 0.6) is 11.5 Å². The Morgan fingerprint density at radius 3 is 2.89 bits per heavy atom. The lowest BCUT2D eigenvalue weighted by atomic mass is 10.0. The topological polar surface area (TPSA) is 58.0 Å². The molecule has 0 fully saturated rings. The number of H-pyrrole nitrogens is 1. The number of halogens is 1. The summed E-state index contributed by atoms with van der Waals surface area (Å²) in [7, 11) is 0. The molecule has 2 aromatic rings. The Hall–Kier alpha value is -2.48. The summed E-state index contributed by atoms with van der Waals surface area (Å²) < 4.78 is 23.9. The number of benzene rings is 1. The van der Waals surface area contributed by atoms with E-state index in [0.717, 1.165) is 0 Å². The van der Waals surface area contributed by atoms with Crippen LogP contribution in [0.15, 0.2) is 30.6 Å². The van der Waals surface area contributed by atoms with Gasteiger partial charge in [-0.15, -0.1) is 0 Å². The Morgan fingerprint density at radius 1 is 1.28 bits per heavy atom. The first-order chi connectivity index (χ1) is 8.61. The first kappa shape index (κ1) is 10.7. The Kier molecular flexibility index (Phi) is 2.08. The number of nitriles is 1. The SMILES string of the molecule is CC1(F)Oc2cccc(-c3c[nH]cc3C#N)c2O1. The van der Waals surface area contributed by atoms with Crippen LogP contribution in [0.4, 0.5) is 4.39 Å². The summed E-state index contributed by atoms with van der Waals surface area (Å²) in [5.41, 5.74) is 1.77. The largest absolute Gasteiger partial charge is 0.423 e. The predicted octanol–water partition coefficient (Wildman–Crippen LogP) is 2.97. The molecule has 2 heterocycles. The molecule has 1 aromatic carbocycles. The molecule has 1 aliphatic rings. The highest BCUT2D eigenvalue weighted by molar-refractivity contribution is 5.78. The summed E-state index contributed by atoms with van der Waals surface area (Å²) in [6.45, 7) is 1.19. The maximum absolute atomic E-state index is 13.7. The fourth-order valence-corrected chi connectivity index (χ4v) is 1.99. The molecular weight excluding hydrogens is 235 g/mol. The van der Waals surface area contributed by atoms with Crippen LogP contribution < -0.4 is 9.47 Å². The van der Waals surface area contributed by atoms with E-state index in [0.29, 0.717) is 28.2 Å². The molecule has 18 heavy (non-hydrogen) atoms. The number of fused-ring (bicyclic) bond motifs is 1. The number of ether oxygens (including phenoxy) is 2. The van der Waals surface area contributed by atoms with Crippen LogP contribution in [0.2, 0.25) is 0 Å². The normalized spacial score (nSPS) is 20.7. The number of hydrogen-bond donors (Lipinski definition) is 1. The Balaban J connectivity index is 2.17. The molecule has 1 aliphatic heterocycles. The molecule has 5 heteroatoms. The number of nitrogens with zero attached hydrogens (tertiary/aromatic N) is 1. The van der Waals surface area contributed by atoms with Gasteiger partial charge in [-0.3, -0.25) is 0 Å². The van der Waals surface area contributed by atoms with Gasteiger partial charge in [-0.25, -0.2) is 0 Å². The number of alkyl halides is 1. The zero-order chi connectivity index (χ0) is 12.8. The number of hydrogen-bond acceptors (Lipinski definition) is 3. The highest BCUT2D eigenvalue weighted by Gasteiger charge is 2.38. The smallest absolute Gasteiger partial charge is 0.404 e. The summed E-state index contributed by atoms with van der Waals surface area (Å²) in [5, 5.41) is 9.00. The monoisotopic (exact) mass is 244 g/mol. The average Bonchev–Trinajstić information content (AvgIpc) is 2.89. The quantitative estimate of drug-likeness (QED) is 0.838. The van der Waals surface area contributed by atoms with Crippen LogP contribution in [0, 0.1) is 11.3 Å². The highest BCUT2D eigenvalue weighted by Crippen LogP contribution is 2.46. The Bertz CT molecular complexity index is 655. The molecule has 0 spiro atoms. The zero-order valence-corrected chi connectivity index (χ0v) is 9.53. The van der Waals surface area contributed by atoms with Gasteiger partial charge in [0.05, 0.1) is 5.56 Å². The summed E-state index contributed by atoms with van der Waals surface area (Å²) in [4.78, 5) is 2.85. The van der Waals surface area contributed by atoms with Crippen molar-refractivity contribution in [3.8, 4) is 28.7 Å². The third kappa shape index (κ3) is 1.51. The van der Waals surface area contributed by atoms with Crippen molar-refractivity contribution in [2.45, 2.75) is 13.0 Å². The van der Waals surface area contributed by atoms with Gasteiger partial charge >= 0.3 is 6.04 Å². The third-order valence-electron chi connectivity index (χ3n) is 2.71. The third-order valence-corrected chi connectivity index (χ3v) is 2.71. The molecular formula is C13H9FN2O2. The van der Waals surface area contributed by atoms with E-state index in [-0.39, 0.29) is 0 Å². The van der Waals surface area contributed by atoms with Gasteiger partial charge in [0.1, 0.15) is 6.07 Å².